The van der Waals surface area contributed by atoms with Gasteiger partial charge in [-0.1, -0.05) is 24.2 Å². The van der Waals surface area contributed by atoms with Gasteiger partial charge in [0.05, 0.1) is 17.9 Å². The molecule has 3 N–H and O–H groups in total. The molecule has 0 bridgehead atoms. The standard InChI is InChI=1S/C10H13ClN2/c1-7-3-4-10(9(12)5-7)13-6-8(2)11/h3-5,13H,2,6,12H2,1H3. The Morgan fingerprint density at radius 3 is 2.85 bits per heavy atom. The van der Waals surface area contributed by atoms with E-state index in [1.165, 1.54) is 0 Å². The van der Waals surface area contributed by atoms with Crippen LogP contribution in [-0.4, -0.2) is 6.54 Å². The van der Waals surface area contributed by atoms with Crippen LogP contribution in [-0.2, 0) is 0 Å². The molecule has 0 aliphatic rings. The van der Waals surface area contributed by atoms with E-state index >= 15 is 0 Å². The highest BCUT2D eigenvalue weighted by Gasteiger charge is 1.97. The van der Waals surface area contributed by atoms with Gasteiger partial charge >= 0.3 is 0 Å². The second kappa shape index (κ2) is 4.19. The topological polar surface area (TPSA) is 38.0 Å². The van der Waals surface area contributed by atoms with Gasteiger partial charge in [0.1, 0.15) is 0 Å². The zero-order chi connectivity index (χ0) is 9.84. The molecule has 1 rings (SSSR count). The maximum absolute atomic E-state index is 5.77. The molecule has 0 fully saturated rings. The number of nitrogen functional groups attached to an aromatic ring is 1. The zero-order valence-corrected chi connectivity index (χ0v) is 8.36. The fourth-order valence-corrected chi connectivity index (χ4v) is 1.10. The Kier molecular flexibility index (Phi) is 3.20. The van der Waals surface area contributed by atoms with Crippen molar-refractivity contribution < 1.29 is 0 Å². The summed E-state index contributed by atoms with van der Waals surface area (Å²) >= 11 is 5.61. The van der Waals surface area contributed by atoms with Crippen molar-refractivity contribution >= 4 is 23.0 Å². The monoisotopic (exact) mass is 196 g/mol. The van der Waals surface area contributed by atoms with Gasteiger partial charge in [-0.2, -0.15) is 0 Å². The number of halogens is 1. The molecule has 1 aromatic carbocycles. The Bertz CT molecular complexity index is 321. The fourth-order valence-electron chi connectivity index (χ4n) is 1.03. The van der Waals surface area contributed by atoms with E-state index in [9.17, 15) is 0 Å². The van der Waals surface area contributed by atoms with Gasteiger partial charge < -0.3 is 11.1 Å². The van der Waals surface area contributed by atoms with E-state index in [4.69, 9.17) is 17.3 Å². The lowest BCUT2D eigenvalue weighted by molar-refractivity contribution is 1.31. The zero-order valence-electron chi connectivity index (χ0n) is 7.60. The summed E-state index contributed by atoms with van der Waals surface area (Å²) in [4.78, 5) is 0. The van der Waals surface area contributed by atoms with E-state index in [-0.39, 0.29) is 0 Å². The summed E-state index contributed by atoms with van der Waals surface area (Å²) in [5.41, 5.74) is 8.55. The van der Waals surface area contributed by atoms with Gasteiger partial charge in [-0.3, -0.25) is 0 Å². The van der Waals surface area contributed by atoms with Gasteiger partial charge in [0.2, 0.25) is 0 Å². The van der Waals surface area contributed by atoms with E-state index in [1.807, 2.05) is 25.1 Å². The number of hydrogen-bond donors (Lipinski definition) is 2. The summed E-state index contributed by atoms with van der Waals surface area (Å²) in [5, 5.41) is 3.65. The number of hydrogen-bond acceptors (Lipinski definition) is 2. The van der Waals surface area contributed by atoms with Gasteiger partial charge in [-0.15, -0.1) is 0 Å². The van der Waals surface area contributed by atoms with Crippen molar-refractivity contribution in [3.05, 3.63) is 35.4 Å². The van der Waals surface area contributed by atoms with Gasteiger partial charge in [0, 0.05) is 5.03 Å². The van der Waals surface area contributed by atoms with Crippen LogP contribution in [0, 0.1) is 6.92 Å². The number of rotatable bonds is 3. The van der Waals surface area contributed by atoms with Crippen LogP contribution in [0.5, 0.6) is 0 Å². The van der Waals surface area contributed by atoms with Crippen molar-refractivity contribution in [2.24, 2.45) is 0 Å². The van der Waals surface area contributed by atoms with E-state index in [2.05, 4.69) is 11.9 Å². The first-order valence-electron chi connectivity index (χ1n) is 4.03. The molecule has 0 aliphatic carbocycles. The molecule has 13 heavy (non-hydrogen) atoms. The van der Waals surface area contributed by atoms with Gasteiger partial charge in [0.25, 0.3) is 0 Å². The van der Waals surface area contributed by atoms with E-state index in [0.29, 0.717) is 11.6 Å². The van der Waals surface area contributed by atoms with Gasteiger partial charge in [0.15, 0.2) is 0 Å². The van der Waals surface area contributed by atoms with Crippen LogP contribution in [0.25, 0.3) is 0 Å². The Balaban J connectivity index is 2.72. The second-order valence-electron chi connectivity index (χ2n) is 2.96. The number of nitrogens with two attached hydrogens (primary N) is 1. The number of benzene rings is 1. The molecule has 1 aromatic rings. The molecule has 0 saturated heterocycles. The van der Waals surface area contributed by atoms with Crippen LogP contribution in [0.15, 0.2) is 29.8 Å². The summed E-state index contributed by atoms with van der Waals surface area (Å²) in [7, 11) is 0. The molecule has 0 aromatic heterocycles. The Morgan fingerprint density at radius 2 is 2.31 bits per heavy atom. The maximum Gasteiger partial charge on any atom is 0.0577 e. The SMILES string of the molecule is C=C(Cl)CNc1ccc(C)cc1N. The summed E-state index contributed by atoms with van der Waals surface area (Å²) in [6.45, 7) is 6.12. The molecule has 2 nitrogen and oxygen atoms in total. The lowest BCUT2D eigenvalue weighted by atomic mass is 10.2. The lowest BCUT2D eigenvalue weighted by Gasteiger charge is -2.08. The third-order valence-electron chi connectivity index (χ3n) is 1.68. The molecule has 0 aliphatic heterocycles. The Labute approximate surface area is 83.4 Å². The molecular formula is C10H13ClN2. The van der Waals surface area contributed by atoms with Crippen LogP contribution in [0.1, 0.15) is 5.56 Å². The molecule has 0 saturated carbocycles. The highest BCUT2D eigenvalue weighted by molar-refractivity contribution is 6.29. The lowest BCUT2D eigenvalue weighted by Crippen LogP contribution is -2.03. The predicted octanol–water partition coefficient (Wildman–Crippen LogP) is 2.74. The first-order valence-corrected chi connectivity index (χ1v) is 4.40. The smallest absolute Gasteiger partial charge is 0.0577 e. The van der Waals surface area contributed by atoms with Crippen LogP contribution < -0.4 is 11.1 Å². The third kappa shape index (κ3) is 2.99. The van der Waals surface area contributed by atoms with E-state index in [0.717, 1.165) is 16.9 Å². The van der Waals surface area contributed by atoms with Crippen molar-refractivity contribution in [1.29, 1.82) is 0 Å². The first kappa shape index (κ1) is 9.93. The Morgan fingerprint density at radius 1 is 1.62 bits per heavy atom. The minimum Gasteiger partial charge on any atom is -0.397 e. The number of anilines is 2. The maximum atomic E-state index is 5.77. The molecule has 0 radical (unpaired) electrons. The minimum atomic E-state index is 0.537. The predicted molar refractivity (Wildman–Crippen MR) is 59.1 cm³/mol. The normalized spacial score (nSPS) is 9.69. The average Bonchev–Trinajstić information content (AvgIpc) is 2.02. The molecule has 0 heterocycles. The van der Waals surface area contributed by atoms with Crippen LogP contribution in [0.2, 0.25) is 0 Å². The van der Waals surface area contributed by atoms with E-state index in [1.54, 1.807) is 0 Å². The third-order valence-corrected chi connectivity index (χ3v) is 1.81. The van der Waals surface area contributed by atoms with Gasteiger partial charge in [-0.25, -0.2) is 0 Å². The number of nitrogens with one attached hydrogen (secondary N) is 1. The Hall–Kier alpha value is -1.15. The van der Waals surface area contributed by atoms with Crippen LogP contribution >= 0.6 is 11.6 Å². The van der Waals surface area contributed by atoms with Crippen LogP contribution in [0.3, 0.4) is 0 Å². The molecule has 0 amide bonds. The first-order chi connectivity index (χ1) is 6.09. The molecule has 3 heteroatoms. The van der Waals surface area contributed by atoms with Crippen molar-refractivity contribution in [1.82, 2.24) is 0 Å². The summed E-state index contributed by atoms with van der Waals surface area (Å²) in [6.07, 6.45) is 0. The van der Waals surface area contributed by atoms with E-state index < -0.39 is 0 Å². The van der Waals surface area contributed by atoms with Crippen molar-refractivity contribution in [2.45, 2.75) is 6.92 Å². The molecule has 70 valence electrons. The summed E-state index contributed by atoms with van der Waals surface area (Å²) < 4.78 is 0. The van der Waals surface area contributed by atoms with Crippen molar-refractivity contribution in [3.63, 3.8) is 0 Å². The summed E-state index contributed by atoms with van der Waals surface area (Å²) in [5.74, 6) is 0. The quantitative estimate of drug-likeness (QED) is 0.730. The highest BCUT2D eigenvalue weighted by Crippen LogP contribution is 2.19. The van der Waals surface area contributed by atoms with Crippen molar-refractivity contribution in [3.8, 4) is 0 Å². The van der Waals surface area contributed by atoms with Gasteiger partial charge in [-0.05, 0) is 24.6 Å². The molecular weight excluding hydrogens is 184 g/mol. The molecule has 0 spiro atoms. The molecule has 0 unspecified atom stereocenters. The second-order valence-corrected chi connectivity index (χ2v) is 3.50. The molecule has 0 atom stereocenters. The largest absolute Gasteiger partial charge is 0.397 e. The minimum absolute atomic E-state index is 0.537. The average molecular weight is 197 g/mol. The van der Waals surface area contributed by atoms with Crippen LogP contribution in [0.4, 0.5) is 11.4 Å². The number of aryl methyl sites for hydroxylation is 1. The fraction of sp³-hybridized carbons (Fsp3) is 0.200. The van der Waals surface area contributed by atoms with Crippen molar-refractivity contribution in [2.75, 3.05) is 17.6 Å². The highest BCUT2D eigenvalue weighted by atomic mass is 35.5. The summed E-state index contributed by atoms with van der Waals surface area (Å²) in [6, 6.07) is 5.85.